The second-order valence-corrected chi connectivity index (χ2v) is 6.69. The summed E-state index contributed by atoms with van der Waals surface area (Å²) in [5.74, 6) is 1.37. The van der Waals surface area contributed by atoms with Gasteiger partial charge in [-0.1, -0.05) is 44.2 Å². The zero-order chi connectivity index (χ0) is 19.9. The SMILES string of the molecule is COc1ccc(CNc2ncc(C(=O)Nc3ccccc3C(C)C)cn2)cc1. The minimum Gasteiger partial charge on any atom is -0.497 e. The lowest BCUT2D eigenvalue weighted by atomic mass is 10.0. The van der Waals surface area contributed by atoms with Crippen LogP contribution in [0.5, 0.6) is 5.75 Å². The first kappa shape index (κ1) is 19.4. The van der Waals surface area contributed by atoms with Gasteiger partial charge in [-0.3, -0.25) is 4.79 Å². The van der Waals surface area contributed by atoms with Gasteiger partial charge in [-0.2, -0.15) is 0 Å². The van der Waals surface area contributed by atoms with E-state index in [1.165, 1.54) is 12.4 Å². The largest absolute Gasteiger partial charge is 0.497 e. The highest BCUT2D eigenvalue weighted by molar-refractivity contribution is 6.04. The molecule has 0 aliphatic carbocycles. The fourth-order valence-electron chi connectivity index (χ4n) is 2.77. The summed E-state index contributed by atoms with van der Waals surface area (Å²) in [4.78, 5) is 21.0. The maximum absolute atomic E-state index is 12.5. The number of hydrogen-bond acceptors (Lipinski definition) is 5. The van der Waals surface area contributed by atoms with E-state index in [1.807, 2.05) is 48.5 Å². The molecule has 28 heavy (non-hydrogen) atoms. The van der Waals surface area contributed by atoms with E-state index in [0.29, 0.717) is 24.0 Å². The van der Waals surface area contributed by atoms with Gasteiger partial charge in [0.15, 0.2) is 0 Å². The molecule has 0 atom stereocenters. The van der Waals surface area contributed by atoms with Gasteiger partial charge in [0.2, 0.25) is 5.95 Å². The number of para-hydroxylation sites is 1. The summed E-state index contributed by atoms with van der Waals surface area (Å²) in [5.41, 5.74) is 3.39. The van der Waals surface area contributed by atoms with Crippen molar-refractivity contribution < 1.29 is 9.53 Å². The fraction of sp³-hybridized carbons (Fsp3) is 0.227. The summed E-state index contributed by atoms with van der Waals surface area (Å²) in [5, 5.41) is 6.09. The molecule has 6 nitrogen and oxygen atoms in total. The zero-order valence-corrected chi connectivity index (χ0v) is 16.3. The monoisotopic (exact) mass is 376 g/mol. The van der Waals surface area contributed by atoms with Crippen LogP contribution in [0.1, 0.15) is 41.3 Å². The minimum atomic E-state index is -0.227. The van der Waals surface area contributed by atoms with Crippen molar-refractivity contribution in [3.05, 3.63) is 77.6 Å². The molecule has 0 bridgehead atoms. The molecule has 1 aromatic heterocycles. The van der Waals surface area contributed by atoms with Gasteiger partial charge in [-0.25, -0.2) is 9.97 Å². The Labute approximate surface area is 165 Å². The van der Waals surface area contributed by atoms with Crippen LogP contribution in [0, 0.1) is 0 Å². The smallest absolute Gasteiger partial charge is 0.258 e. The van der Waals surface area contributed by atoms with Crippen molar-refractivity contribution in [1.82, 2.24) is 9.97 Å². The second-order valence-electron chi connectivity index (χ2n) is 6.69. The van der Waals surface area contributed by atoms with Crippen LogP contribution in [0.15, 0.2) is 60.9 Å². The predicted molar refractivity (Wildman–Crippen MR) is 111 cm³/mol. The van der Waals surface area contributed by atoms with Gasteiger partial charge in [-0.15, -0.1) is 0 Å². The highest BCUT2D eigenvalue weighted by Gasteiger charge is 2.12. The summed E-state index contributed by atoms with van der Waals surface area (Å²) in [6.07, 6.45) is 3.05. The van der Waals surface area contributed by atoms with Crippen LogP contribution in [-0.4, -0.2) is 23.0 Å². The van der Waals surface area contributed by atoms with Gasteiger partial charge in [0.1, 0.15) is 5.75 Å². The van der Waals surface area contributed by atoms with E-state index >= 15 is 0 Å². The van der Waals surface area contributed by atoms with Crippen LogP contribution >= 0.6 is 0 Å². The summed E-state index contributed by atoms with van der Waals surface area (Å²) in [6.45, 7) is 4.77. The van der Waals surface area contributed by atoms with Crippen molar-refractivity contribution in [2.75, 3.05) is 17.7 Å². The molecule has 0 spiro atoms. The number of hydrogen-bond donors (Lipinski definition) is 2. The van der Waals surface area contributed by atoms with Gasteiger partial charge in [0.25, 0.3) is 5.91 Å². The van der Waals surface area contributed by atoms with Crippen LogP contribution in [0.4, 0.5) is 11.6 Å². The Morgan fingerprint density at radius 1 is 1.04 bits per heavy atom. The van der Waals surface area contributed by atoms with Crippen molar-refractivity contribution in [2.45, 2.75) is 26.3 Å². The molecule has 0 saturated carbocycles. The van der Waals surface area contributed by atoms with Crippen molar-refractivity contribution in [1.29, 1.82) is 0 Å². The molecule has 0 aliphatic heterocycles. The van der Waals surface area contributed by atoms with E-state index in [-0.39, 0.29) is 5.91 Å². The van der Waals surface area contributed by atoms with E-state index in [9.17, 15) is 4.79 Å². The molecular formula is C22H24N4O2. The van der Waals surface area contributed by atoms with E-state index < -0.39 is 0 Å². The number of nitrogens with one attached hydrogen (secondary N) is 2. The molecule has 1 heterocycles. The lowest BCUT2D eigenvalue weighted by molar-refractivity contribution is 0.102. The van der Waals surface area contributed by atoms with E-state index in [2.05, 4.69) is 34.4 Å². The Bertz CT molecular complexity index is 922. The first-order valence-corrected chi connectivity index (χ1v) is 9.16. The minimum absolute atomic E-state index is 0.227. The summed E-state index contributed by atoms with van der Waals surface area (Å²) in [7, 11) is 1.64. The molecule has 0 aliphatic rings. The molecule has 0 saturated heterocycles. The highest BCUT2D eigenvalue weighted by Crippen LogP contribution is 2.24. The molecule has 6 heteroatoms. The number of benzene rings is 2. The van der Waals surface area contributed by atoms with Crippen molar-refractivity contribution in [3.63, 3.8) is 0 Å². The van der Waals surface area contributed by atoms with Crippen LogP contribution in [0.3, 0.4) is 0 Å². The Morgan fingerprint density at radius 2 is 1.71 bits per heavy atom. The molecule has 0 radical (unpaired) electrons. The maximum atomic E-state index is 12.5. The normalized spacial score (nSPS) is 10.6. The average molecular weight is 376 g/mol. The predicted octanol–water partition coefficient (Wildman–Crippen LogP) is 4.47. The lowest BCUT2D eigenvalue weighted by Gasteiger charge is -2.13. The molecular weight excluding hydrogens is 352 g/mol. The topological polar surface area (TPSA) is 76.1 Å². The Kier molecular flexibility index (Phi) is 6.22. The van der Waals surface area contributed by atoms with Crippen LogP contribution in [-0.2, 0) is 6.54 Å². The van der Waals surface area contributed by atoms with E-state index in [0.717, 1.165) is 22.6 Å². The molecule has 2 aromatic carbocycles. The quantitative estimate of drug-likeness (QED) is 0.636. The van der Waals surface area contributed by atoms with E-state index in [1.54, 1.807) is 7.11 Å². The van der Waals surface area contributed by atoms with Crippen LogP contribution in [0.25, 0.3) is 0 Å². The van der Waals surface area contributed by atoms with Gasteiger partial charge >= 0.3 is 0 Å². The van der Waals surface area contributed by atoms with Gasteiger partial charge in [-0.05, 0) is 35.2 Å². The first-order valence-electron chi connectivity index (χ1n) is 9.16. The number of carbonyl (C=O) groups excluding carboxylic acids is 1. The number of methoxy groups -OCH3 is 1. The molecule has 3 aromatic rings. The number of amides is 1. The lowest BCUT2D eigenvalue weighted by Crippen LogP contribution is -2.15. The molecule has 0 fully saturated rings. The number of aromatic nitrogens is 2. The van der Waals surface area contributed by atoms with E-state index in [4.69, 9.17) is 4.74 Å². The number of nitrogens with zero attached hydrogens (tertiary/aromatic N) is 2. The molecule has 2 N–H and O–H groups in total. The second kappa shape index (κ2) is 8.99. The highest BCUT2D eigenvalue weighted by atomic mass is 16.5. The number of carbonyl (C=O) groups is 1. The van der Waals surface area contributed by atoms with Crippen LogP contribution in [0.2, 0.25) is 0 Å². The third-order valence-corrected chi connectivity index (χ3v) is 4.35. The first-order chi connectivity index (χ1) is 13.6. The number of anilines is 2. The average Bonchev–Trinajstić information content (AvgIpc) is 2.73. The van der Waals surface area contributed by atoms with Crippen molar-refractivity contribution in [2.24, 2.45) is 0 Å². The third kappa shape index (κ3) is 4.85. The Balaban J connectivity index is 1.61. The van der Waals surface area contributed by atoms with Crippen molar-refractivity contribution in [3.8, 4) is 5.75 Å². The van der Waals surface area contributed by atoms with Gasteiger partial charge in [0.05, 0.1) is 12.7 Å². The Morgan fingerprint density at radius 3 is 2.36 bits per heavy atom. The molecule has 144 valence electrons. The number of rotatable bonds is 7. The summed E-state index contributed by atoms with van der Waals surface area (Å²) >= 11 is 0. The summed E-state index contributed by atoms with van der Waals surface area (Å²) < 4.78 is 5.15. The van der Waals surface area contributed by atoms with Gasteiger partial charge in [0, 0.05) is 24.6 Å². The summed E-state index contributed by atoms with van der Waals surface area (Å²) in [6, 6.07) is 15.5. The fourth-order valence-corrected chi connectivity index (χ4v) is 2.77. The zero-order valence-electron chi connectivity index (χ0n) is 16.3. The van der Waals surface area contributed by atoms with Gasteiger partial charge < -0.3 is 15.4 Å². The molecule has 0 unspecified atom stereocenters. The van der Waals surface area contributed by atoms with Crippen LogP contribution < -0.4 is 15.4 Å². The standard InChI is InChI=1S/C22H24N4O2/c1-15(2)19-6-4-5-7-20(19)26-21(27)17-13-24-22(25-14-17)23-12-16-8-10-18(28-3)11-9-16/h4-11,13-15H,12H2,1-3H3,(H,26,27)(H,23,24,25). The third-order valence-electron chi connectivity index (χ3n) is 4.35. The maximum Gasteiger partial charge on any atom is 0.258 e. The van der Waals surface area contributed by atoms with Crippen molar-refractivity contribution >= 4 is 17.5 Å². The molecule has 3 rings (SSSR count). The molecule has 1 amide bonds. The number of ether oxygens (including phenoxy) is 1. The Hall–Kier alpha value is -3.41.